The normalized spacial score (nSPS) is 16.3. The van der Waals surface area contributed by atoms with E-state index in [1.807, 2.05) is 18.2 Å². The number of imide groups is 1. The zero-order valence-electron chi connectivity index (χ0n) is 23.5. The second-order valence-electron chi connectivity index (χ2n) is 11.1. The molecule has 4 amide bonds. The summed E-state index contributed by atoms with van der Waals surface area (Å²) in [6.07, 6.45) is 0. The molecule has 0 spiro atoms. The standard InChI is InChI=1S/C31H33FN4O5/c1-18(2)33-30(39)35-29(38)31(3,4)25-21-6-5-7-23(32)26(21)41-27-22(25)12-13-24(34-27)19-8-10-20(11-9-19)28(37)36-14-16-40-17-15-36/h5-13,18,25H,14-17H2,1-4H3,(H2,33,35,38,39). The first-order valence-electron chi connectivity index (χ1n) is 13.6. The number of amides is 4. The number of pyridine rings is 1. The number of halogens is 1. The van der Waals surface area contributed by atoms with Crippen molar-refractivity contribution < 1.29 is 28.2 Å². The average molecular weight is 561 g/mol. The molecule has 1 saturated heterocycles. The number of urea groups is 1. The van der Waals surface area contributed by atoms with E-state index in [-0.39, 0.29) is 23.6 Å². The lowest BCUT2D eigenvalue weighted by Crippen LogP contribution is -2.49. The predicted octanol–water partition coefficient (Wildman–Crippen LogP) is 4.86. The number of ether oxygens (including phenoxy) is 2. The summed E-state index contributed by atoms with van der Waals surface area (Å²) in [7, 11) is 0. The lowest BCUT2D eigenvalue weighted by atomic mass is 9.69. The fourth-order valence-electron chi connectivity index (χ4n) is 5.24. The van der Waals surface area contributed by atoms with E-state index in [1.54, 1.807) is 62.9 Å². The molecule has 3 aromatic rings. The highest BCUT2D eigenvalue weighted by atomic mass is 19.1. The third kappa shape index (κ3) is 5.65. The van der Waals surface area contributed by atoms with Crippen LogP contribution in [0, 0.1) is 11.2 Å². The molecule has 1 aromatic heterocycles. The van der Waals surface area contributed by atoms with Gasteiger partial charge in [0.1, 0.15) is 0 Å². The number of hydrogen-bond acceptors (Lipinski definition) is 6. The van der Waals surface area contributed by atoms with Crippen LogP contribution in [0.3, 0.4) is 0 Å². The maximum Gasteiger partial charge on any atom is 0.321 e. The van der Waals surface area contributed by atoms with Gasteiger partial charge < -0.3 is 19.7 Å². The quantitative estimate of drug-likeness (QED) is 0.461. The Kier molecular flexibility index (Phi) is 7.77. The Morgan fingerprint density at radius 1 is 1.00 bits per heavy atom. The summed E-state index contributed by atoms with van der Waals surface area (Å²) < 4.78 is 26.3. The van der Waals surface area contributed by atoms with E-state index in [4.69, 9.17) is 14.5 Å². The molecule has 10 heteroatoms. The van der Waals surface area contributed by atoms with Crippen LogP contribution in [-0.4, -0.2) is 60.1 Å². The number of aromatic nitrogens is 1. The summed E-state index contributed by atoms with van der Waals surface area (Å²) in [5.74, 6) is -1.64. The molecule has 1 atom stereocenters. The van der Waals surface area contributed by atoms with Crippen LogP contribution in [0.5, 0.6) is 11.6 Å². The Hall–Kier alpha value is -4.31. The van der Waals surface area contributed by atoms with Crippen molar-refractivity contribution in [2.45, 2.75) is 39.7 Å². The van der Waals surface area contributed by atoms with Crippen LogP contribution in [0.2, 0.25) is 0 Å². The van der Waals surface area contributed by atoms with Gasteiger partial charge in [-0.2, -0.15) is 0 Å². The molecular weight excluding hydrogens is 527 g/mol. The molecule has 1 fully saturated rings. The van der Waals surface area contributed by atoms with Crippen molar-refractivity contribution in [1.82, 2.24) is 20.5 Å². The Balaban J connectivity index is 1.47. The van der Waals surface area contributed by atoms with Gasteiger partial charge in [-0.3, -0.25) is 14.9 Å². The molecule has 2 N–H and O–H groups in total. The fraction of sp³-hybridized carbons (Fsp3) is 0.355. The van der Waals surface area contributed by atoms with Gasteiger partial charge in [0.15, 0.2) is 11.6 Å². The van der Waals surface area contributed by atoms with Crippen LogP contribution in [0.4, 0.5) is 9.18 Å². The molecule has 2 aliphatic heterocycles. The highest BCUT2D eigenvalue weighted by Gasteiger charge is 2.45. The Morgan fingerprint density at radius 3 is 2.39 bits per heavy atom. The van der Waals surface area contributed by atoms with Crippen molar-refractivity contribution in [1.29, 1.82) is 0 Å². The number of nitrogens with one attached hydrogen (secondary N) is 2. The minimum absolute atomic E-state index is 0.00591. The zero-order valence-corrected chi connectivity index (χ0v) is 23.5. The Bertz CT molecular complexity index is 1480. The van der Waals surface area contributed by atoms with Gasteiger partial charge in [-0.1, -0.05) is 44.2 Å². The predicted molar refractivity (Wildman–Crippen MR) is 150 cm³/mol. The van der Waals surface area contributed by atoms with Gasteiger partial charge in [0.25, 0.3) is 5.91 Å². The first-order valence-corrected chi connectivity index (χ1v) is 13.6. The molecule has 41 heavy (non-hydrogen) atoms. The summed E-state index contributed by atoms with van der Waals surface area (Å²) in [5, 5.41) is 5.07. The lowest BCUT2D eigenvalue weighted by molar-refractivity contribution is -0.128. The van der Waals surface area contributed by atoms with E-state index >= 15 is 4.39 Å². The van der Waals surface area contributed by atoms with Crippen LogP contribution in [0.1, 0.15) is 55.1 Å². The molecule has 1 unspecified atom stereocenters. The van der Waals surface area contributed by atoms with Crippen LogP contribution in [0.25, 0.3) is 11.3 Å². The molecular formula is C31H33FN4O5. The Morgan fingerprint density at radius 2 is 1.71 bits per heavy atom. The number of nitrogens with zero attached hydrogens (tertiary/aromatic N) is 2. The van der Waals surface area contributed by atoms with Gasteiger partial charge in [0.05, 0.1) is 24.3 Å². The third-order valence-electron chi connectivity index (χ3n) is 7.39. The van der Waals surface area contributed by atoms with Gasteiger partial charge in [-0.15, -0.1) is 0 Å². The molecule has 0 radical (unpaired) electrons. The number of rotatable bonds is 5. The number of hydrogen-bond donors (Lipinski definition) is 2. The van der Waals surface area contributed by atoms with E-state index in [0.29, 0.717) is 48.7 Å². The largest absolute Gasteiger partial charge is 0.435 e. The molecule has 2 aliphatic rings. The lowest BCUT2D eigenvalue weighted by Gasteiger charge is -2.37. The fourth-order valence-corrected chi connectivity index (χ4v) is 5.24. The summed E-state index contributed by atoms with van der Waals surface area (Å²) >= 11 is 0. The molecule has 0 aliphatic carbocycles. The van der Waals surface area contributed by atoms with Crippen molar-refractivity contribution in [2.75, 3.05) is 26.3 Å². The van der Waals surface area contributed by atoms with Gasteiger partial charge in [-0.25, -0.2) is 14.2 Å². The minimum Gasteiger partial charge on any atom is -0.435 e. The molecule has 0 bridgehead atoms. The molecule has 2 aromatic carbocycles. The highest BCUT2D eigenvalue weighted by Crippen LogP contribution is 2.52. The summed E-state index contributed by atoms with van der Waals surface area (Å²) in [6.45, 7) is 9.16. The Labute approximate surface area is 238 Å². The topological polar surface area (TPSA) is 110 Å². The minimum atomic E-state index is -1.18. The van der Waals surface area contributed by atoms with E-state index in [0.717, 1.165) is 5.56 Å². The zero-order chi connectivity index (χ0) is 29.3. The average Bonchev–Trinajstić information content (AvgIpc) is 2.95. The number of para-hydroxylation sites is 1. The number of morpholine rings is 1. The number of fused-ring (bicyclic) bond motifs is 2. The molecule has 9 nitrogen and oxygen atoms in total. The second kappa shape index (κ2) is 11.3. The van der Waals surface area contributed by atoms with E-state index < -0.39 is 29.1 Å². The number of carbonyl (C=O) groups is 3. The van der Waals surface area contributed by atoms with Crippen molar-refractivity contribution in [3.8, 4) is 22.9 Å². The van der Waals surface area contributed by atoms with E-state index in [2.05, 4.69) is 10.6 Å². The maximum absolute atomic E-state index is 15.0. The van der Waals surface area contributed by atoms with Gasteiger partial charge >= 0.3 is 6.03 Å². The van der Waals surface area contributed by atoms with Crippen molar-refractivity contribution >= 4 is 17.8 Å². The van der Waals surface area contributed by atoms with Crippen LogP contribution >= 0.6 is 0 Å². The smallest absolute Gasteiger partial charge is 0.321 e. The van der Waals surface area contributed by atoms with Crippen LogP contribution < -0.4 is 15.4 Å². The van der Waals surface area contributed by atoms with Gasteiger partial charge in [0, 0.05) is 47.3 Å². The van der Waals surface area contributed by atoms with E-state index in [9.17, 15) is 14.4 Å². The first kappa shape index (κ1) is 28.2. The van der Waals surface area contributed by atoms with Crippen molar-refractivity contribution in [3.63, 3.8) is 0 Å². The number of carbonyl (C=O) groups excluding carboxylic acids is 3. The summed E-state index contributed by atoms with van der Waals surface area (Å²) in [6, 6.07) is 14.5. The first-order chi connectivity index (χ1) is 19.6. The monoisotopic (exact) mass is 560 g/mol. The second-order valence-corrected chi connectivity index (χ2v) is 11.1. The SMILES string of the molecule is CC(C)NC(=O)NC(=O)C(C)(C)C1c2ccc(-c3ccc(C(=O)N4CCOCC4)cc3)nc2Oc2c(F)cccc21. The van der Waals surface area contributed by atoms with Crippen LogP contribution in [-0.2, 0) is 9.53 Å². The van der Waals surface area contributed by atoms with E-state index in [1.165, 1.54) is 6.07 Å². The van der Waals surface area contributed by atoms with Gasteiger partial charge in [-0.05, 0) is 38.1 Å². The van der Waals surface area contributed by atoms with Crippen molar-refractivity contribution in [3.05, 3.63) is 77.1 Å². The molecule has 214 valence electrons. The highest BCUT2D eigenvalue weighted by molar-refractivity contribution is 5.98. The maximum atomic E-state index is 15.0. The number of benzene rings is 2. The molecule has 3 heterocycles. The van der Waals surface area contributed by atoms with Gasteiger partial charge in [0.2, 0.25) is 11.8 Å². The summed E-state index contributed by atoms with van der Waals surface area (Å²) in [4.78, 5) is 45.0. The third-order valence-corrected chi connectivity index (χ3v) is 7.39. The van der Waals surface area contributed by atoms with Crippen molar-refractivity contribution in [2.24, 2.45) is 5.41 Å². The summed E-state index contributed by atoms with van der Waals surface area (Å²) in [5.41, 5.74) is 1.77. The molecule has 5 rings (SSSR count). The van der Waals surface area contributed by atoms with Crippen LogP contribution in [0.15, 0.2) is 54.6 Å². The molecule has 0 saturated carbocycles.